The summed E-state index contributed by atoms with van der Waals surface area (Å²) in [6, 6.07) is 5.63. The smallest absolute Gasteiger partial charge is 0.0897 e. The van der Waals surface area contributed by atoms with Crippen LogP contribution in [-0.4, -0.2) is 31.5 Å². The Balaban J connectivity index is 2.39. The molecule has 0 saturated carbocycles. The first kappa shape index (κ1) is 13.9. The van der Waals surface area contributed by atoms with Crippen LogP contribution in [0.3, 0.4) is 0 Å². The summed E-state index contributed by atoms with van der Waals surface area (Å²) in [6.07, 6.45) is -0.483. The second-order valence-corrected chi connectivity index (χ2v) is 4.77. The number of hydrogen-bond donors (Lipinski definition) is 2. The third-order valence-electron chi connectivity index (χ3n) is 2.06. The number of halogens is 2. The van der Waals surface area contributed by atoms with Crippen molar-refractivity contribution >= 4 is 27.5 Å². The summed E-state index contributed by atoms with van der Waals surface area (Å²) < 4.78 is 5.83. The molecule has 0 spiro atoms. The van der Waals surface area contributed by atoms with Crippen molar-refractivity contribution in [3.05, 3.63) is 33.3 Å². The van der Waals surface area contributed by atoms with Crippen molar-refractivity contribution in [2.24, 2.45) is 0 Å². The molecule has 1 unspecified atom stereocenters. The molecule has 0 aliphatic heterocycles. The van der Waals surface area contributed by atoms with E-state index < -0.39 is 6.10 Å². The summed E-state index contributed by atoms with van der Waals surface area (Å²) in [4.78, 5) is 0. The van der Waals surface area contributed by atoms with E-state index in [2.05, 4.69) is 21.2 Å². The lowest BCUT2D eigenvalue weighted by Gasteiger charge is -2.11. The fourth-order valence-corrected chi connectivity index (χ4v) is 1.89. The van der Waals surface area contributed by atoms with Crippen LogP contribution in [0.15, 0.2) is 22.7 Å². The molecule has 0 saturated heterocycles. The Morgan fingerprint density at radius 3 is 3.00 bits per heavy atom. The Bertz CT molecular complexity index is 336. The number of rotatable bonds is 6. The van der Waals surface area contributed by atoms with Gasteiger partial charge in [0, 0.05) is 29.7 Å². The van der Waals surface area contributed by atoms with Gasteiger partial charge in [-0.2, -0.15) is 0 Å². The molecule has 1 rings (SSSR count). The monoisotopic (exact) mass is 307 g/mol. The first-order valence-corrected chi connectivity index (χ1v) is 6.12. The first-order valence-electron chi connectivity index (χ1n) is 4.95. The molecule has 0 radical (unpaired) electrons. The van der Waals surface area contributed by atoms with Crippen molar-refractivity contribution in [1.29, 1.82) is 0 Å². The number of nitrogens with one attached hydrogen (secondary N) is 1. The van der Waals surface area contributed by atoms with Gasteiger partial charge in [0.05, 0.1) is 12.7 Å². The molecule has 5 heteroatoms. The van der Waals surface area contributed by atoms with Gasteiger partial charge in [0.15, 0.2) is 0 Å². The van der Waals surface area contributed by atoms with E-state index in [0.29, 0.717) is 24.7 Å². The molecule has 1 aromatic carbocycles. The Hall–Kier alpha value is -0.130. The molecule has 3 nitrogen and oxygen atoms in total. The Labute approximate surface area is 109 Å². The van der Waals surface area contributed by atoms with Crippen LogP contribution in [0.4, 0.5) is 0 Å². The lowest BCUT2D eigenvalue weighted by molar-refractivity contribution is 0.0644. The maximum absolute atomic E-state index is 9.43. The van der Waals surface area contributed by atoms with E-state index in [4.69, 9.17) is 16.3 Å². The summed E-state index contributed by atoms with van der Waals surface area (Å²) in [7, 11) is 1.57. The molecule has 16 heavy (non-hydrogen) atoms. The van der Waals surface area contributed by atoms with Gasteiger partial charge in [-0.15, -0.1) is 0 Å². The van der Waals surface area contributed by atoms with E-state index in [-0.39, 0.29) is 0 Å². The van der Waals surface area contributed by atoms with Gasteiger partial charge in [0.2, 0.25) is 0 Å². The quantitative estimate of drug-likeness (QED) is 0.846. The third-order valence-corrected chi connectivity index (χ3v) is 3.07. The molecule has 0 fully saturated rings. The highest BCUT2D eigenvalue weighted by atomic mass is 79.9. The molecule has 1 atom stereocenters. The van der Waals surface area contributed by atoms with Crippen LogP contribution in [0.1, 0.15) is 5.56 Å². The zero-order valence-corrected chi connectivity index (χ0v) is 11.4. The summed E-state index contributed by atoms with van der Waals surface area (Å²) in [5.41, 5.74) is 1.07. The standard InChI is InChI=1S/C11H15BrClNO2/c1-16-7-10(15)6-14-5-8-4-9(13)2-3-11(8)12/h2-4,10,14-15H,5-7H2,1H3. The normalized spacial score (nSPS) is 12.8. The van der Waals surface area contributed by atoms with E-state index in [9.17, 15) is 5.11 Å². The summed E-state index contributed by atoms with van der Waals surface area (Å²) in [5, 5.41) is 13.3. The van der Waals surface area contributed by atoms with Gasteiger partial charge in [-0.3, -0.25) is 0 Å². The van der Waals surface area contributed by atoms with Gasteiger partial charge in [0.25, 0.3) is 0 Å². The number of aliphatic hydroxyl groups excluding tert-OH is 1. The predicted octanol–water partition coefficient (Wildman–Crippen LogP) is 2.20. The van der Waals surface area contributed by atoms with Crippen LogP contribution in [0.5, 0.6) is 0 Å². The van der Waals surface area contributed by atoms with Gasteiger partial charge in [0.1, 0.15) is 0 Å². The van der Waals surface area contributed by atoms with Crippen LogP contribution in [0.2, 0.25) is 5.02 Å². The Morgan fingerprint density at radius 1 is 1.56 bits per heavy atom. The number of benzene rings is 1. The largest absolute Gasteiger partial charge is 0.389 e. The van der Waals surface area contributed by atoms with Crippen molar-refractivity contribution in [3.63, 3.8) is 0 Å². The summed E-state index contributed by atoms with van der Waals surface area (Å²) in [5.74, 6) is 0. The fourth-order valence-electron chi connectivity index (χ4n) is 1.30. The minimum absolute atomic E-state index is 0.337. The fraction of sp³-hybridized carbons (Fsp3) is 0.455. The zero-order chi connectivity index (χ0) is 12.0. The van der Waals surface area contributed by atoms with E-state index in [1.165, 1.54) is 0 Å². The number of ether oxygens (including phenoxy) is 1. The minimum Gasteiger partial charge on any atom is -0.389 e. The topological polar surface area (TPSA) is 41.5 Å². The second-order valence-electron chi connectivity index (χ2n) is 3.48. The first-order chi connectivity index (χ1) is 7.63. The molecule has 0 bridgehead atoms. The highest BCUT2D eigenvalue weighted by Crippen LogP contribution is 2.20. The molecule has 0 aliphatic carbocycles. The van der Waals surface area contributed by atoms with E-state index >= 15 is 0 Å². The molecule has 0 heterocycles. The van der Waals surface area contributed by atoms with Crippen LogP contribution >= 0.6 is 27.5 Å². The minimum atomic E-state index is -0.483. The maximum Gasteiger partial charge on any atom is 0.0897 e. The van der Waals surface area contributed by atoms with Crippen molar-refractivity contribution in [2.45, 2.75) is 12.6 Å². The molecule has 2 N–H and O–H groups in total. The van der Waals surface area contributed by atoms with Crippen LogP contribution in [-0.2, 0) is 11.3 Å². The van der Waals surface area contributed by atoms with Crippen LogP contribution in [0, 0.1) is 0 Å². The van der Waals surface area contributed by atoms with Crippen molar-refractivity contribution in [3.8, 4) is 0 Å². The maximum atomic E-state index is 9.43. The van der Waals surface area contributed by atoms with E-state index in [0.717, 1.165) is 10.0 Å². The van der Waals surface area contributed by atoms with E-state index in [1.54, 1.807) is 7.11 Å². The molecule has 0 aliphatic rings. The SMILES string of the molecule is COCC(O)CNCc1cc(Cl)ccc1Br. The number of hydrogen-bond acceptors (Lipinski definition) is 3. The van der Waals surface area contributed by atoms with E-state index in [1.807, 2.05) is 18.2 Å². The summed E-state index contributed by atoms with van der Waals surface area (Å²) >= 11 is 9.33. The molecular weight excluding hydrogens is 293 g/mol. The van der Waals surface area contributed by atoms with Gasteiger partial charge in [-0.1, -0.05) is 27.5 Å². The lowest BCUT2D eigenvalue weighted by atomic mass is 10.2. The highest BCUT2D eigenvalue weighted by Gasteiger charge is 2.04. The Kier molecular flexibility index (Phi) is 6.31. The van der Waals surface area contributed by atoms with Crippen LogP contribution < -0.4 is 5.32 Å². The van der Waals surface area contributed by atoms with Crippen molar-refractivity contribution in [1.82, 2.24) is 5.32 Å². The third kappa shape index (κ3) is 4.80. The molecule has 0 amide bonds. The van der Waals surface area contributed by atoms with Gasteiger partial charge in [-0.05, 0) is 23.8 Å². The van der Waals surface area contributed by atoms with Crippen molar-refractivity contribution in [2.75, 3.05) is 20.3 Å². The molecule has 1 aromatic rings. The van der Waals surface area contributed by atoms with Gasteiger partial charge >= 0.3 is 0 Å². The molecular formula is C11H15BrClNO2. The van der Waals surface area contributed by atoms with Crippen molar-refractivity contribution < 1.29 is 9.84 Å². The lowest BCUT2D eigenvalue weighted by Crippen LogP contribution is -2.29. The number of methoxy groups -OCH3 is 1. The number of aliphatic hydroxyl groups is 1. The average molecular weight is 309 g/mol. The second kappa shape index (κ2) is 7.25. The average Bonchev–Trinajstić information content (AvgIpc) is 2.23. The predicted molar refractivity (Wildman–Crippen MR) is 68.7 cm³/mol. The Morgan fingerprint density at radius 2 is 2.31 bits per heavy atom. The van der Waals surface area contributed by atoms with Crippen LogP contribution in [0.25, 0.3) is 0 Å². The highest BCUT2D eigenvalue weighted by molar-refractivity contribution is 9.10. The zero-order valence-electron chi connectivity index (χ0n) is 9.04. The molecule has 90 valence electrons. The summed E-state index contributed by atoms with van der Waals surface area (Å²) in [6.45, 7) is 1.48. The van der Waals surface area contributed by atoms with Gasteiger partial charge in [-0.25, -0.2) is 0 Å². The molecule has 0 aromatic heterocycles. The van der Waals surface area contributed by atoms with Gasteiger partial charge < -0.3 is 15.2 Å².